The number of thiazole rings is 1. The van der Waals surface area contributed by atoms with Gasteiger partial charge in [-0.1, -0.05) is 12.1 Å². The summed E-state index contributed by atoms with van der Waals surface area (Å²) < 4.78 is 29.1. The molecule has 0 aliphatic heterocycles. The molecule has 3 N–H and O–H groups in total. The number of benzene rings is 2. The van der Waals surface area contributed by atoms with Gasteiger partial charge in [0.25, 0.3) is 10.0 Å². The Labute approximate surface area is 168 Å². The van der Waals surface area contributed by atoms with Gasteiger partial charge in [0.2, 0.25) is 0 Å². The first-order chi connectivity index (χ1) is 13.5. The minimum Gasteiger partial charge on any atom is -0.494 e. The van der Waals surface area contributed by atoms with Crippen molar-refractivity contribution in [3.8, 4) is 16.5 Å². The Morgan fingerprint density at radius 1 is 1.07 bits per heavy atom. The molecule has 5 aromatic rings. The standard InChI is InChI=1S/C19H13N3O3S3/c23-18-17(19-21-14-4-1-2-5-15(14)27-19)12-10-11(7-8-13(12)20-18)28(24,25)22-16-6-3-9-26-16/h1-10,20,22-23H. The van der Waals surface area contributed by atoms with Gasteiger partial charge in [-0.25, -0.2) is 13.4 Å². The smallest absolute Gasteiger partial charge is 0.262 e. The summed E-state index contributed by atoms with van der Waals surface area (Å²) in [6, 6.07) is 15.9. The van der Waals surface area contributed by atoms with Crippen LogP contribution in [0.4, 0.5) is 5.00 Å². The van der Waals surface area contributed by atoms with Crippen molar-refractivity contribution < 1.29 is 13.5 Å². The minimum atomic E-state index is -3.74. The zero-order valence-corrected chi connectivity index (χ0v) is 16.7. The van der Waals surface area contributed by atoms with E-state index in [1.165, 1.54) is 28.7 Å². The van der Waals surface area contributed by atoms with Crippen LogP contribution in [0.1, 0.15) is 0 Å². The average molecular weight is 428 g/mol. The summed E-state index contributed by atoms with van der Waals surface area (Å²) in [5.41, 5.74) is 1.98. The van der Waals surface area contributed by atoms with E-state index in [9.17, 15) is 13.5 Å². The predicted molar refractivity (Wildman–Crippen MR) is 114 cm³/mol. The second kappa shape index (κ2) is 6.33. The van der Waals surface area contributed by atoms with Crippen LogP contribution in [0, 0.1) is 0 Å². The Bertz CT molecular complexity index is 1380. The molecule has 0 bridgehead atoms. The molecule has 0 unspecified atom stereocenters. The highest BCUT2D eigenvalue weighted by Crippen LogP contribution is 2.41. The van der Waals surface area contributed by atoms with E-state index in [4.69, 9.17) is 0 Å². The number of aromatic nitrogens is 2. The number of anilines is 1. The summed E-state index contributed by atoms with van der Waals surface area (Å²) in [6.07, 6.45) is 0. The number of para-hydroxylation sites is 1. The topological polar surface area (TPSA) is 95.1 Å². The SMILES string of the molecule is O=S(=O)(Nc1cccs1)c1ccc2[nH]c(O)c(-c3nc4ccccc4s3)c2c1. The molecule has 0 atom stereocenters. The van der Waals surface area contributed by atoms with Gasteiger partial charge in [-0.3, -0.25) is 4.72 Å². The summed E-state index contributed by atoms with van der Waals surface area (Å²) in [4.78, 5) is 7.62. The number of rotatable bonds is 4. The van der Waals surface area contributed by atoms with E-state index in [-0.39, 0.29) is 10.8 Å². The van der Waals surface area contributed by atoms with Crippen molar-refractivity contribution >= 4 is 58.8 Å². The zero-order chi connectivity index (χ0) is 19.3. The van der Waals surface area contributed by atoms with Crippen LogP contribution in [0.2, 0.25) is 0 Å². The van der Waals surface area contributed by atoms with Gasteiger partial charge < -0.3 is 10.1 Å². The highest BCUT2D eigenvalue weighted by atomic mass is 32.2. The van der Waals surface area contributed by atoms with Crippen LogP contribution >= 0.6 is 22.7 Å². The van der Waals surface area contributed by atoms with Crippen LogP contribution in [0.15, 0.2) is 64.9 Å². The zero-order valence-electron chi connectivity index (χ0n) is 14.2. The molecule has 9 heteroatoms. The van der Waals surface area contributed by atoms with Crippen LogP contribution < -0.4 is 4.72 Å². The lowest BCUT2D eigenvalue weighted by Crippen LogP contribution is -2.11. The molecule has 0 saturated heterocycles. The van der Waals surface area contributed by atoms with E-state index in [0.29, 0.717) is 26.5 Å². The molecule has 2 aromatic carbocycles. The maximum absolute atomic E-state index is 12.7. The van der Waals surface area contributed by atoms with E-state index in [1.807, 2.05) is 24.3 Å². The Balaban J connectivity index is 1.66. The number of sulfonamides is 1. The van der Waals surface area contributed by atoms with Crippen molar-refractivity contribution in [3.05, 3.63) is 60.0 Å². The fourth-order valence-electron chi connectivity index (χ4n) is 3.05. The van der Waals surface area contributed by atoms with Gasteiger partial charge in [-0.2, -0.15) is 0 Å². The van der Waals surface area contributed by atoms with Crippen molar-refractivity contribution in [2.75, 3.05) is 4.72 Å². The molecule has 3 heterocycles. The summed E-state index contributed by atoms with van der Waals surface area (Å²) >= 11 is 2.76. The highest BCUT2D eigenvalue weighted by molar-refractivity contribution is 7.93. The van der Waals surface area contributed by atoms with Crippen molar-refractivity contribution in [2.45, 2.75) is 4.90 Å². The Morgan fingerprint density at radius 2 is 1.93 bits per heavy atom. The maximum Gasteiger partial charge on any atom is 0.262 e. The first kappa shape index (κ1) is 17.2. The number of thiophene rings is 1. The van der Waals surface area contributed by atoms with Gasteiger partial charge in [0, 0.05) is 10.9 Å². The van der Waals surface area contributed by atoms with E-state index >= 15 is 0 Å². The molecule has 3 aromatic heterocycles. The summed E-state index contributed by atoms with van der Waals surface area (Å²) in [7, 11) is -3.74. The second-order valence-electron chi connectivity index (χ2n) is 6.13. The quantitative estimate of drug-likeness (QED) is 0.376. The molecule has 0 radical (unpaired) electrons. The summed E-state index contributed by atoms with van der Waals surface area (Å²) in [5.74, 6) is -0.0326. The van der Waals surface area contributed by atoms with Crippen LogP contribution in [-0.4, -0.2) is 23.5 Å². The van der Waals surface area contributed by atoms with Crippen molar-refractivity contribution in [1.82, 2.24) is 9.97 Å². The van der Waals surface area contributed by atoms with Gasteiger partial charge >= 0.3 is 0 Å². The lowest BCUT2D eigenvalue weighted by Gasteiger charge is -2.06. The molecule has 0 amide bonds. The molecule has 0 aliphatic rings. The number of nitrogens with one attached hydrogen (secondary N) is 2. The van der Waals surface area contributed by atoms with Crippen molar-refractivity contribution in [1.29, 1.82) is 0 Å². The number of aromatic amines is 1. The predicted octanol–water partition coefficient (Wildman–Crippen LogP) is 5.01. The van der Waals surface area contributed by atoms with Gasteiger partial charge in [-0.05, 0) is 47.8 Å². The third-order valence-corrected chi connectivity index (χ3v) is 7.66. The molecule has 0 saturated carbocycles. The van der Waals surface area contributed by atoms with E-state index in [2.05, 4.69) is 14.7 Å². The second-order valence-corrected chi connectivity index (χ2v) is 9.79. The van der Waals surface area contributed by atoms with Crippen molar-refractivity contribution in [3.63, 3.8) is 0 Å². The summed E-state index contributed by atoms with van der Waals surface area (Å²) in [6.45, 7) is 0. The molecular formula is C19H13N3O3S3. The monoisotopic (exact) mass is 427 g/mol. The van der Waals surface area contributed by atoms with Gasteiger partial charge in [0.1, 0.15) is 10.0 Å². The Morgan fingerprint density at radius 3 is 2.71 bits per heavy atom. The normalized spacial score (nSPS) is 12.0. The number of hydrogen-bond donors (Lipinski definition) is 3. The molecule has 28 heavy (non-hydrogen) atoms. The highest BCUT2D eigenvalue weighted by Gasteiger charge is 2.21. The average Bonchev–Trinajstić information content (AvgIpc) is 3.37. The molecule has 5 rings (SSSR count). The van der Waals surface area contributed by atoms with E-state index < -0.39 is 10.0 Å². The molecule has 0 spiro atoms. The minimum absolute atomic E-state index is 0.0326. The van der Waals surface area contributed by atoms with E-state index in [1.54, 1.807) is 29.6 Å². The van der Waals surface area contributed by atoms with Gasteiger partial charge in [-0.15, -0.1) is 22.7 Å². The number of fused-ring (bicyclic) bond motifs is 2. The first-order valence-electron chi connectivity index (χ1n) is 8.28. The van der Waals surface area contributed by atoms with Crippen LogP contribution in [0.25, 0.3) is 31.7 Å². The number of nitrogens with zero attached hydrogens (tertiary/aromatic N) is 1. The first-order valence-corrected chi connectivity index (χ1v) is 11.5. The number of hydrogen-bond acceptors (Lipinski definition) is 6. The molecule has 6 nitrogen and oxygen atoms in total. The maximum atomic E-state index is 12.7. The lowest BCUT2D eigenvalue weighted by atomic mass is 10.2. The molecule has 140 valence electrons. The number of aromatic hydroxyl groups is 1. The van der Waals surface area contributed by atoms with E-state index in [0.717, 1.165) is 10.2 Å². The fraction of sp³-hybridized carbons (Fsp3) is 0. The van der Waals surface area contributed by atoms with Crippen molar-refractivity contribution in [2.24, 2.45) is 0 Å². The van der Waals surface area contributed by atoms with Crippen LogP contribution in [0.3, 0.4) is 0 Å². The fourth-order valence-corrected chi connectivity index (χ4v) is 6.03. The van der Waals surface area contributed by atoms with Gasteiger partial charge in [0.05, 0.1) is 20.7 Å². The third kappa shape index (κ3) is 2.84. The lowest BCUT2D eigenvalue weighted by molar-refractivity contribution is 0.460. The van der Waals surface area contributed by atoms with Gasteiger partial charge in [0.15, 0.2) is 5.88 Å². The van der Waals surface area contributed by atoms with Crippen LogP contribution in [-0.2, 0) is 10.0 Å². The Hall–Kier alpha value is -2.88. The summed E-state index contributed by atoms with van der Waals surface area (Å²) in [5, 5.41) is 14.0. The third-order valence-electron chi connectivity index (χ3n) is 4.32. The Kier molecular flexibility index (Phi) is 3.90. The molecule has 0 aliphatic carbocycles. The molecule has 0 fully saturated rings. The largest absolute Gasteiger partial charge is 0.494 e. The molecular weight excluding hydrogens is 414 g/mol. The van der Waals surface area contributed by atoms with Crippen LogP contribution in [0.5, 0.6) is 5.88 Å². The number of H-pyrrole nitrogens is 1.